The summed E-state index contributed by atoms with van der Waals surface area (Å²) in [6, 6.07) is 19.0. The van der Waals surface area contributed by atoms with Gasteiger partial charge < -0.3 is 9.88 Å². The number of aromatic nitrogens is 3. The van der Waals surface area contributed by atoms with Crippen molar-refractivity contribution in [2.24, 2.45) is 0 Å². The number of para-hydroxylation sites is 2. The number of hydrogen-bond acceptors (Lipinski definition) is 2. The number of nitrogens with zero attached hydrogens (tertiary/aromatic N) is 3. The number of fused-ring (bicyclic) bond motifs is 1. The topological polar surface area (TPSA) is 36.9 Å². The second kappa shape index (κ2) is 8.85. The van der Waals surface area contributed by atoms with Gasteiger partial charge in [-0.3, -0.25) is 0 Å². The monoisotopic (exact) mass is 406 g/mol. The standard InChI is InChI=1S/C24H26N4.ClH/c1-2-6-21(7-3-1)28-18-19(16-26-28)10-13-27-14-11-20(12-15-27)23-17-25-24-9-5-4-8-22(23)24;/h1-9,16-18,20,25H,10-15H2;1H. The predicted octanol–water partition coefficient (Wildman–Crippen LogP) is 5.20. The van der Waals surface area contributed by atoms with E-state index >= 15 is 0 Å². The molecule has 2 aromatic carbocycles. The number of piperidine rings is 1. The van der Waals surface area contributed by atoms with E-state index in [4.69, 9.17) is 0 Å². The third-order valence-electron chi connectivity index (χ3n) is 6.02. The SMILES string of the molecule is Cl.c1ccc(-n2cc(CCN3CCC(c4c[nH]c5ccccc45)CC3)cn2)cc1. The van der Waals surface area contributed by atoms with E-state index in [1.165, 1.54) is 48.0 Å². The first kappa shape index (κ1) is 19.7. The number of halogens is 1. The Hall–Kier alpha value is -2.56. The molecule has 4 aromatic rings. The van der Waals surface area contributed by atoms with Crippen molar-refractivity contribution in [3.63, 3.8) is 0 Å². The fourth-order valence-electron chi connectivity index (χ4n) is 4.40. The quantitative estimate of drug-likeness (QED) is 0.494. The molecule has 5 heteroatoms. The van der Waals surface area contributed by atoms with Crippen molar-refractivity contribution >= 4 is 23.3 Å². The third kappa shape index (κ3) is 4.24. The van der Waals surface area contributed by atoms with Crippen LogP contribution in [0.1, 0.15) is 29.9 Å². The van der Waals surface area contributed by atoms with Gasteiger partial charge in [0.1, 0.15) is 0 Å². The highest BCUT2D eigenvalue weighted by molar-refractivity contribution is 5.85. The maximum atomic E-state index is 4.52. The fraction of sp³-hybridized carbons (Fsp3) is 0.292. The summed E-state index contributed by atoms with van der Waals surface area (Å²) in [5.41, 5.74) is 5.19. The van der Waals surface area contributed by atoms with Crippen molar-refractivity contribution in [2.75, 3.05) is 19.6 Å². The lowest BCUT2D eigenvalue weighted by Gasteiger charge is -2.31. The Morgan fingerprint density at radius 1 is 0.966 bits per heavy atom. The summed E-state index contributed by atoms with van der Waals surface area (Å²) >= 11 is 0. The molecule has 1 N–H and O–H groups in total. The lowest BCUT2D eigenvalue weighted by molar-refractivity contribution is 0.215. The van der Waals surface area contributed by atoms with Gasteiger partial charge in [0.15, 0.2) is 0 Å². The maximum Gasteiger partial charge on any atom is 0.0645 e. The van der Waals surface area contributed by atoms with Gasteiger partial charge in [-0.05, 0) is 67.6 Å². The lowest BCUT2D eigenvalue weighted by atomic mass is 9.89. The van der Waals surface area contributed by atoms with Crippen LogP contribution in [0.5, 0.6) is 0 Å². The molecule has 4 nitrogen and oxygen atoms in total. The Bertz CT molecular complexity index is 1040. The Labute approximate surface area is 178 Å². The third-order valence-corrected chi connectivity index (χ3v) is 6.02. The van der Waals surface area contributed by atoms with E-state index in [0.29, 0.717) is 5.92 Å². The van der Waals surface area contributed by atoms with Crippen molar-refractivity contribution < 1.29 is 0 Å². The molecule has 0 spiro atoms. The van der Waals surface area contributed by atoms with E-state index in [9.17, 15) is 0 Å². The minimum absolute atomic E-state index is 0. The minimum atomic E-state index is 0. The first-order chi connectivity index (χ1) is 13.9. The van der Waals surface area contributed by atoms with E-state index in [0.717, 1.165) is 18.7 Å². The molecule has 0 saturated carbocycles. The average molecular weight is 407 g/mol. The Morgan fingerprint density at radius 2 is 1.72 bits per heavy atom. The maximum absolute atomic E-state index is 4.52. The van der Waals surface area contributed by atoms with Gasteiger partial charge in [0.05, 0.1) is 11.9 Å². The van der Waals surface area contributed by atoms with E-state index in [-0.39, 0.29) is 12.4 Å². The van der Waals surface area contributed by atoms with E-state index < -0.39 is 0 Å². The van der Waals surface area contributed by atoms with E-state index in [1.807, 2.05) is 16.9 Å². The van der Waals surface area contributed by atoms with Gasteiger partial charge in [0.25, 0.3) is 0 Å². The molecule has 1 fully saturated rings. The van der Waals surface area contributed by atoms with Crippen LogP contribution in [0.15, 0.2) is 73.2 Å². The predicted molar refractivity (Wildman–Crippen MR) is 121 cm³/mol. The Balaban J connectivity index is 0.00000205. The van der Waals surface area contributed by atoms with E-state index in [1.54, 1.807) is 0 Å². The number of hydrogen-bond donors (Lipinski definition) is 1. The largest absolute Gasteiger partial charge is 0.361 e. The van der Waals surface area contributed by atoms with Crippen LogP contribution in [-0.2, 0) is 6.42 Å². The van der Waals surface area contributed by atoms with Gasteiger partial charge in [-0.25, -0.2) is 4.68 Å². The summed E-state index contributed by atoms with van der Waals surface area (Å²) in [5, 5.41) is 5.92. The average Bonchev–Trinajstić information content (AvgIpc) is 3.41. The molecule has 0 radical (unpaired) electrons. The highest BCUT2D eigenvalue weighted by Gasteiger charge is 2.22. The molecule has 0 unspecified atom stereocenters. The second-order valence-corrected chi connectivity index (χ2v) is 7.78. The summed E-state index contributed by atoms with van der Waals surface area (Å²) < 4.78 is 1.97. The number of H-pyrrole nitrogens is 1. The van der Waals surface area contributed by atoms with Gasteiger partial charge in [-0.15, -0.1) is 12.4 Å². The van der Waals surface area contributed by atoms with Gasteiger partial charge in [-0.2, -0.15) is 5.10 Å². The smallest absolute Gasteiger partial charge is 0.0645 e. The van der Waals surface area contributed by atoms with Crippen LogP contribution in [0.2, 0.25) is 0 Å². The molecule has 1 saturated heterocycles. The summed E-state index contributed by atoms with van der Waals surface area (Å²) in [4.78, 5) is 6.04. The Kier molecular flexibility index (Phi) is 6.02. The summed E-state index contributed by atoms with van der Waals surface area (Å²) in [6.45, 7) is 3.47. The molecule has 3 heterocycles. The molecule has 0 atom stereocenters. The van der Waals surface area contributed by atoms with Crippen molar-refractivity contribution in [3.05, 3.63) is 84.3 Å². The highest BCUT2D eigenvalue weighted by atomic mass is 35.5. The van der Waals surface area contributed by atoms with Crippen molar-refractivity contribution in [1.29, 1.82) is 0 Å². The molecular formula is C24H27ClN4. The molecule has 150 valence electrons. The first-order valence-corrected chi connectivity index (χ1v) is 10.2. The number of likely N-dealkylation sites (tertiary alicyclic amines) is 1. The van der Waals surface area contributed by atoms with E-state index in [2.05, 4.69) is 75.9 Å². The van der Waals surface area contributed by atoms with Crippen LogP contribution < -0.4 is 0 Å². The second-order valence-electron chi connectivity index (χ2n) is 7.78. The first-order valence-electron chi connectivity index (χ1n) is 10.2. The molecular weight excluding hydrogens is 380 g/mol. The zero-order chi connectivity index (χ0) is 18.8. The van der Waals surface area contributed by atoms with Crippen molar-refractivity contribution in [1.82, 2.24) is 19.7 Å². The van der Waals surface area contributed by atoms with Crippen molar-refractivity contribution in [2.45, 2.75) is 25.2 Å². The summed E-state index contributed by atoms with van der Waals surface area (Å²) in [6.07, 6.45) is 9.93. The molecule has 1 aliphatic heterocycles. The molecule has 2 aromatic heterocycles. The zero-order valence-corrected chi connectivity index (χ0v) is 17.3. The number of rotatable bonds is 5. The summed E-state index contributed by atoms with van der Waals surface area (Å²) in [7, 11) is 0. The van der Waals surface area contributed by atoms with Gasteiger partial charge in [0, 0.05) is 29.8 Å². The van der Waals surface area contributed by atoms with Gasteiger partial charge in [-0.1, -0.05) is 36.4 Å². The molecule has 0 bridgehead atoms. The number of nitrogens with one attached hydrogen (secondary N) is 1. The minimum Gasteiger partial charge on any atom is -0.361 e. The van der Waals surface area contributed by atoms with Gasteiger partial charge in [0.2, 0.25) is 0 Å². The zero-order valence-electron chi connectivity index (χ0n) is 16.5. The summed E-state index contributed by atoms with van der Waals surface area (Å²) in [5.74, 6) is 0.674. The van der Waals surface area contributed by atoms with Crippen LogP contribution in [0.3, 0.4) is 0 Å². The molecule has 5 rings (SSSR count). The highest BCUT2D eigenvalue weighted by Crippen LogP contribution is 2.33. The fourth-order valence-corrected chi connectivity index (χ4v) is 4.40. The van der Waals surface area contributed by atoms with Crippen LogP contribution in [0.4, 0.5) is 0 Å². The van der Waals surface area contributed by atoms with Crippen LogP contribution in [0.25, 0.3) is 16.6 Å². The van der Waals surface area contributed by atoms with Gasteiger partial charge >= 0.3 is 0 Å². The van der Waals surface area contributed by atoms with Crippen molar-refractivity contribution in [3.8, 4) is 5.69 Å². The molecule has 0 amide bonds. The van der Waals surface area contributed by atoms with Crippen LogP contribution in [-0.4, -0.2) is 39.3 Å². The Morgan fingerprint density at radius 3 is 2.55 bits per heavy atom. The molecule has 29 heavy (non-hydrogen) atoms. The normalized spacial score (nSPS) is 15.4. The van der Waals surface area contributed by atoms with Crippen LogP contribution in [0, 0.1) is 0 Å². The van der Waals surface area contributed by atoms with Crippen LogP contribution >= 0.6 is 12.4 Å². The lowest BCUT2D eigenvalue weighted by Crippen LogP contribution is -2.34. The molecule has 1 aliphatic rings. The number of aromatic amines is 1. The molecule has 0 aliphatic carbocycles. The number of benzene rings is 2.